The number of nitrogens with one attached hydrogen (secondary N) is 1. The molecular formula is C18H19N3O3S. The number of hydrogen-bond acceptors (Lipinski definition) is 4. The molecule has 2 rings (SSSR count). The molecule has 0 atom stereocenters. The smallest absolute Gasteiger partial charge is 0.261 e. The lowest BCUT2D eigenvalue weighted by Crippen LogP contribution is -2.27. The third-order valence-corrected chi connectivity index (χ3v) is 5.03. The van der Waals surface area contributed by atoms with Gasteiger partial charge < -0.3 is 4.90 Å². The number of sulfonamides is 1. The molecule has 0 unspecified atom stereocenters. The molecule has 0 bridgehead atoms. The van der Waals surface area contributed by atoms with E-state index in [1.165, 1.54) is 25.1 Å². The molecule has 0 aromatic heterocycles. The van der Waals surface area contributed by atoms with Crippen molar-refractivity contribution in [1.29, 1.82) is 5.26 Å². The summed E-state index contributed by atoms with van der Waals surface area (Å²) in [5, 5.41) is 8.91. The van der Waals surface area contributed by atoms with Gasteiger partial charge in [0, 0.05) is 25.7 Å². The first-order chi connectivity index (χ1) is 11.9. The van der Waals surface area contributed by atoms with Crippen LogP contribution in [0.15, 0.2) is 53.4 Å². The summed E-state index contributed by atoms with van der Waals surface area (Å²) in [6, 6.07) is 14.6. The Morgan fingerprint density at radius 1 is 1.20 bits per heavy atom. The van der Waals surface area contributed by atoms with Gasteiger partial charge in [-0.1, -0.05) is 18.2 Å². The van der Waals surface area contributed by atoms with E-state index in [1.54, 1.807) is 29.2 Å². The molecule has 0 aliphatic rings. The second kappa shape index (κ2) is 7.81. The Morgan fingerprint density at radius 3 is 2.56 bits per heavy atom. The van der Waals surface area contributed by atoms with Gasteiger partial charge in [0.1, 0.15) is 0 Å². The first-order valence-corrected chi connectivity index (χ1v) is 9.21. The highest BCUT2D eigenvalue weighted by molar-refractivity contribution is 7.92. The Morgan fingerprint density at radius 2 is 1.92 bits per heavy atom. The van der Waals surface area contributed by atoms with Crippen LogP contribution in [0.25, 0.3) is 0 Å². The van der Waals surface area contributed by atoms with Crippen molar-refractivity contribution in [3.05, 3.63) is 59.7 Å². The number of amides is 1. The van der Waals surface area contributed by atoms with E-state index in [4.69, 9.17) is 5.26 Å². The van der Waals surface area contributed by atoms with Crippen LogP contribution in [0.4, 0.5) is 5.69 Å². The van der Waals surface area contributed by atoms with E-state index in [-0.39, 0.29) is 16.4 Å². The molecule has 1 N–H and O–H groups in total. The Labute approximate surface area is 147 Å². The number of hydrogen-bond donors (Lipinski definition) is 1. The summed E-state index contributed by atoms with van der Waals surface area (Å²) < 4.78 is 27.5. The Kier molecular flexibility index (Phi) is 5.78. The van der Waals surface area contributed by atoms with Crippen molar-refractivity contribution in [3.8, 4) is 6.07 Å². The van der Waals surface area contributed by atoms with Crippen LogP contribution >= 0.6 is 0 Å². The first-order valence-electron chi connectivity index (χ1n) is 7.73. The minimum Gasteiger partial charge on any atom is -0.339 e. The van der Waals surface area contributed by atoms with Crippen LogP contribution in [0.5, 0.6) is 0 Å². The van der Waals surface area contributed by atoms with Crippen molar-refractivity contribution in [2.45, 2.75) is 25.3 Å². The van der Waals surface area contributed by atoms with Crippen LogP contribution in [0.1, 0.15) is 25.0 Å². The van der Waals surface area contributed by atoms with E-state index in [2.05, 4.69) is 4.72 Å². The second-order valence-electron chi connectivity index (χ2n) is 5.48. The van der Waals surface area contributed by atoms with E-state index in [9.17, 15) is 13.2 Å². The van der Waals surface area contributed by atoms with Crippen LogP contribution in [-0.2, 0) is 21.4 Å². The number of nitrogens with zero attached hydrogens (tertiary/aromatic N) is 2. The minimum absolute atomic E-state index is 0.0240. The van der Waals surface area contributed by atoms with Crippen molar-refractivity contribution in [3.63, 3.8) is 0 Å². The Bertz CT molecular complexity index is 917. The van der Waals surface area contributed by atoms with Crippen molar-refractivity contribution >= 4 is 21.6 Å². The van der Waals surface area contributed by atoms with Gasteiger partial charge in [0.15, 0.2) is 0 Å². The number of anilines is 1. The highest BCUT2D eigenvalue weighted by Crippen LogP contribution is 2.19. The maximum atomic E-state index is 12.5. The van der Waals surface area contributed by atoms with Crippen molar-refractivity contribution in [2.24, 2.45) is 0 Å². The van der Waals surface area contributed by atoms with Gasteiger partial charge in [0.2, 0.25) is 5.91 Å². The third-order valence-electron chi connectivity index (χ3n) is 3.65. The molecule has 1 amide bonds. The van der Waals surface area contributed by atoms with Gasteiger partial charge in [-0.25, -0.2) is 8.42 Å². The number of nitriles is 1. The summed E-state index contributed by atoms with van der Waals surface area (Å²) >= 11 is 0. The van der Waals surface area contributed by atoms with Gasteiger partial charge >= 0.3 is 0 Å². The number of benzene rings is 2. The molecule has 2 aromatic carbocycles. The van der Waals surface area contributed by atoms with Gasteiger partial charge in [-0.3, -0.25) is 9.52 Å². The van der Waals surface area contributed by atoms with Crippen LogP contribution in [0.2, 0.25) is 0 Å². The molecule has 2 aromatic rings. The fourth-order valence-electron chi connectivity index (χ4n) is 2.35. The predicted octanol–water partition coefficient (Wildman–Crippen LogP) is 2.73. The molecular weight excluding hydrogens is 338 g/mol. The molecule has 0 saturated carbocycles. The fraction of sp³-hybridized carbons (Fsp3) is 0.222. The molecule has 0 aliphatic heterocycles. The molecule has 0 heterocycles. The molecule has 0 aliphatic carbocycles. The molecule has 0 radical (unpaired) electrons. The van der Waals surface area contributed by atoms with Crippen LogP contribution in [0.3, 0.4) is 0 Å². The average molecular weight is 357 g/mol. The average Bonchev–Trinajstić information content (AvgIpc) is 2.59. The summed E-state index contributed by atoms with van der Waals surface area (Å²) in [6.07, 6.45) is 0. The monoisotopic (exact) mass is 357 g/mol. The minimum atomic E-state index is -3.79. The van der Waals surface area contributed by atoms with Gasteiger partial charge in [0.05, 0.1) is 16.5 Å². The topological polar surface area (TPSA) is 90.3 Å². The number of carbonyl (C=O) groups is 1. The molecule has 0 saturated heterocycles. The zero-order valence-electron chi connectivity index (χ0n) is 14.1. The molecule has 6 nitrogen and oxygen atoms in total. The van der Waals surface area contributed by atoms with Crippen molar-refractivity contribution in [1.82, 2.24) is 4.90 Å². The molecule has 7 heteroatoms. The zero-order chi connectivity index (χ0) is 18.4. The summed E-state index contributed by atoms with van der Waals surface area (Å²) in [6.45, 7) is 4.37. The fourth-order valence-corrected chi connectivity index (χ4v) is 3.44. The van der Waals surface area contributed by atoms with Gasteiger partial charge in [-0.15, -0.1) is 0 Å². The van der Waals surface area contributed by atoms with E-state index in [0.717, 1.165) is 5.56 Å². The second-order valence-corrected chi connectivity index (χ2v) is 7.16. The van der Waals surface area contributed by atoms with E-state index in [1.807, 2.05) is 19.1 Å². The highest BCUT2D eigenvalue weighted by atomic mass is 32.2. The largest absolute Gasteiger partial charge is 0.339 e. The number of carbonyl (C=O) groups excluding carboxylic acids is 1. The quantitative estimate of drug-likeness (QED) is 0.861. The Balaban J connectivity index is 2.23. The third kappa shape index (κ3) is 4.81. The first kappa shape index (κ1) is 18.5. The zero-order valence-corrected chi connectivity index (χ0v) is 14.9. The molecule has 0 spiro atoms. The summed E-state index contributed by atoms with van der Waals surface area (Å²) in [4.78, 5) is 13.2. The van der Waals surface area contributed by atoms with Gasteiger partial charge in [-0.2, -0.15) is 5.26 Å². The normalized spacial score (nSPS) is 10.8. The lowest BCUT2D eigenvalue weighted by atomic mass is 10.2. The van der Waals surface area contributed by atoms with Gasteiger partial charge in [0.25, 0.3) is 10.0 Å². The molecule has 130 valence electrons. The molecule has 0 fully saturated rings. The predicted molar refractivity (Wildman–Crippen MR) is 95.2 cm³/mol. The highest BCUT2D eigenvalue weighted by Gasteiger charge is 2.15. The van der Waals surface area contributed by atoms with Gasteiger partial charge in [-0.05, 0) is 42.8 Å². The van der Waals surface area contributed by atoms with Crippen molar-refractivity contribution < 1.29 is 13.2 Å². The maximum absolute atomic E-state index is 12.5. The van der Waals surface area contributed by atoms with E-state index < -0.39 is 10.0 Å². The number of rotatable bonds is 6. The summed E-state index contributed by atoms with van der Waals surface area (Å²) in [5.74, 6) is -0.0400. The summed E-state index contributed by atoms with van der Waals surface area (Å²) in [5.41, 5.74) is 1.50. The van der Waals surface area contributed by atoms with E-state index >= 15 is 0 Å². The van der Waals surface area contributed by atoms with Crippen LogP contribution in [0, 0.1) is 11.3 Å². The lowest BCUT2D eigenvalue weighted by molar-refractivity contribution is -0.129. The SMILES string of the molecule is CCN(Cc1cccc(NS(=O)(=O)c2cccc(C#N)c2)c1)C(C)=O. The van der Waals surface area contributed by atoms with Crippen LogP contribution < -0.4 is 4.72 Å². The molecule has 25 heavy (non-hydrogen) atoms. The maximum Gasteiger partial charge on any atom is 0.261 e. The van der Waals surface area contributed by atoms with E-state index in [0.29, 0.717) is 18.8 Å². The Hall–Kier alpha value is -2.85. The standard InChI is InChI=1S/C18H19N3O3S/c1-3-21(14(2)22)13-16-7-4-8-17(10-16)20-25(23,24)18-9-5-6-15(11-18)12-19/h4-11,20H,3,13H2,1-2H3. The summed E-state index contributed by atoms with van der Waals surface area (Å²) in [7, 11) is -3.79. The lowest BCUT2D eigenvalue weighted by Gasteiger charge is -2.19. The van der Waals surface area contributed by atoms with Crippen LogP contribution in [-0.4, -0.2) is 25.8 Å². The van der Waals surface area contributed by atoms with Crippen molar-refractivity contribution in [2.75, 3.05) is 11.3 Å².